The van der Waals surface area contributed by atoms with Gasteiger partial charge in [-0.15, -0.1) is 0 Å². The number of fused-ring (bicyclic) bond motifs is 2. The van der Waals surface area contributed by atoms with E-state index < -0.39 is 0 Å². The average molecular weight is 422 g/mol. The predicted octanol–water partition coefficient (Wildman–Crippen LogP) is 4.08. The molecular formula is C23H23N3O3S. The van der Waals surface area contributed by atoms with Crippen molar-refractivity contribution >= 4 is 28.6 Å². The second kappa shape index (κ2) is 8.14. The van der Waals surface area contributed by atoms with E-state index in [4.69, 9.17) is 9.47 Å². The van der Waals surface area contributed by atoms with E-state index in [1.807, 2.05) is 36.4 Å². The molecule has 1 aromatic heterocycles. The minimum absolute atomic E-state index is 0.0134. The summed E-state index contributed by atoms with van der Waals surface area (Å²) in [7, 11) is 0. The van der Waals surface area contributed by atoms with E-state index in [1.165, 1.54) is 11.8 Å². The number of thioether (sulfide) groups is 1. The Bertz CT molecular complexity index is 1080. The van der Waals surface area contributed by atoms with Crippen molar-refractivity contribution in [2.45, 2.75) is 36.2 Å². The molecule has 6 nitrogen and oxygen atoms in total. The van der Waals surface area contributed by atoms with Gasteiger partial charge in [0.15, 0.2) is 11.5 Å². The summed E-state index contributed by atoms with van der Waals surface area (Å²) in [6.45, 7) is 1.13. The quantitative estimate of drug-likeness (QED) is 0.494. The number of nitrogens with one attached hydrogen (secondary N) is 1. The van der Waals surface area contributed by atoms with Crippen molar-refractivity contribution in [1.29, 1.82) is 0 Å². The van der Waals surface area contributed by atoms with Crippen molar-refractivity contribution in [2.24, 2.45) is 0 Å². The lowest BCUT2D eigenvalue weighted by Crippen LogP contribution is -2.44. The van der Waals surface area contributed by atoms with E-state index in [9.17, 15) is 4.79 Å². The molecule has 1 amide bonds. The van der Waals surface area contributed by atoms with Crippen LogP contribution in [0.4, 0.5) is 0 Å². The van der Waals surface area contributed by atoms with Crippen LogP contribution in [-0.4, -0.2) is 34.8 Å². The topological polar surface area (TPSA) is 73.3 Å². The summed E-state index contributed by atoms with van der Waals surface area (Å²) in [5.74, 6) is 1.86. The molecule has 1 fully saturated rings. The molecule has 0 unspecified atom stereocenters. The van der Waals surface area contributed by atoms with Gasteiger partial charge in [-0.3, -0.25) is 4.79 Å². The van der Waals surface area contributed by atoms with Gasteiger partial charge < -0.3 is 14.8 Å². The summed E-state index contributed by atoms with van der Waals surface area (Å²) in [6, 6.07) is 13.9. The fraction of sp³-hybridized carbons (Fsp3) is 0.348. The van der Waals surface area contributed by atoms with Gasteiger partial charge >= 0.3 is 0 Å². The van der Waals surface area contributed by atoms with Crippen LogP contribution in [-0.2, 0) is 10.3 Å². The zero-order chi connectivity index (χ0) is 20.4. The number of nitrogens with zero attached hydrogens (tertiary/aromatic N) is 2. The van der Waals surface area contributed by atoms with Crippen LogP contribution in [0.25, 0.3) is 10.9 Å². The lowest BCUT2D eigenvalue weighted by molar-refractivity contribution is -0.120. The molecule has 5 rings (SSSR count). The second-order valence-electron chi connectivity index (χ2n) is 7.68. The predicted molar refractivity (Wildman–Crippen MR) is 116 cm³/mol. The highest BCUT2D eigenvalue weighted by atomic mass is 32.2. The van der Waals surface area contributed by atoms with Crippen LogP contribution in [0.5, 0.6) is 11.5 Å². The maximum atomic E-state index is 12.9. The molecule has 0 atom stereocenters. The van der Waals surface area contributed by atoms with E-state index >= 15 is 0 Å². The number of carbonyl (C=O) groups is 1. The van der Waals surface area contributed by atoms with Crippen molar-refractivity contribution in [3.63, 3.8) is 0 Å². The van der Waals surface area contributed by atoms with Gasteiger partial charge in [0.25, 0.3) is 0 Å². The Balaban J connectivity index is 1.33. The van der Waals surface area contributed by atoms with Gasteiger partial charge in [0.05, 0.1) is 16.8 Å². The summed E-state index contributed by atoms with van der Waals surface area (Å²) in [5.41, 5.74) is 1.63. The number of hydrogen-bond acceptors (Lipinski definition) is 6. The molecule has 2 heterocycles. The van der Waals surface area contributed by atoms with E-state index in [-0.39, 0.29) is 11.4 Å². The van der Waals surface area contributed by atoms with Crippen molar-refractivity contribution in [3.05, 3.63) is 54.4 Å². The molecular weight excluding hydrogens is 398 g/mol. The summed E-state index contributed by atoms with van der Waals surface area (Å²) < 4.78 is 11.4. The number of para-hydroxylation sites is 1. The largest absolute Gasteiger partial charge is 0.486 e. The Hall–Kier alpha value is -2.80. The average Bonchev–Trinajstić information content (AvgIpc) is 3.27. The number of aromatic nitrogens is 2. The fourth-order valence-corrected chi connectivity index (χ4v) is 5.13. The highest BCUT2D eigenvalue weighted by Gasteiger charge is 2.37. The molecule has 1 N–H and O–H groups in total. The molecule has 3 aromatic rings. The van der Waals surface area contributed by atoms with Crippen LogP contribution >= 0.6 is 11.8 Å². The van der Waals surface area contributed by atoms with Crippen molar-refractivity contribution in [3.8, 4) is 11.5 Å². The number of carbonyl (C=O) groups excluding carboxylic acids is 1. The van der Waals surface area contributed by atoms with Crippen LogP contribution in [0, 0.1) is 0 Å². The van der Waals surface area contributed by atoms with E-state index in [1.54, 1.807) is 6.33 Å². The molecule has 7 heteroatoms. The molecule has 0 radical (unpaired) electrons. The molecule has 1 aliphatic carbocycles. The maximum absolute atomic E-state index is 12.9. The second-order valence-corrected chi connectivity index (χ2v) is 8.64. The standard InChI is InChI=1S/C23H23N3O3S/c27-21(14-30-22-17-5-1-2-6-18(17)24-15-25-22)26-23(9-3-4-10-23)16-7-8-19-20(13-16)29-12-11-28-19/h1-2,5-8,13,15H,3-4,9-12,14H2,(H,26,27). The number of rotatable bonds is 5. The Morgan fingerprint density at radius 2 is 1.83 bits per heavy atom. The summed E-state index contributed by atoms with van der Waals surface area (Å²) in [4.78, 5) is 21.6. The van der Waals surface area contributed by atoms with Gasteiger partial charge in [-0.2, -0.15) is 0 Å². The molecule has 0 saturated heterocycles. The molecule has 0 bridgehead atoms. The Morgan fingerprint density at radius 1 is 1.03 bits per heavy atom. The zero-order valence-corrected chi connectivity index (χ0v) is 17.4. The first kappa shape index (κ1) is 19.2. The van der Waals surface area contributed by atoms with Gasteiger partial charge in [-0.05, 0) is 36.6 Å². The van der Waals surface area contributed by atoms with Gasteiger partial charge in [0.1, 0.15) is 24.6 Å². The molecule has 2 aliphatic rings. The number of amides is 1. The molecule has 2 aromatic carbocycles. The zero-order valence-electron chi connectivity index (χ0n) is 16.6. The first-order chi connectivity index (χ1) is 14.7. The van der Waals surface area contributed by atoms with Crippen LogP contribution in [0.15, 0.2) is 53.8 Å². The summed E-state index contributed by atoms with van der Waals surface area (Å²) >= 11 is 1.45. The number of ether oxygens (including phenoxy) is 2. The van der Waals surface area contributed by atoms with Gasteiger partial charge in [-0.1, -0.05) is 48.9 Å². The van der Waals surface area contributed by atoms with Crippen molar-refractivity contribution in [1.82, 2.24) is 15.3 Å². The Labute approximate surface area is 179 Å². The highest BCUT2D eigenvalue weighted by Crippen LogP contribution is 2.42. The van der Waals surface area contributed by atoms with Crippen LogP contribution in [0.3, 0.4) is 0 Å². The maximum Gasteiger partial charge on any atom is 0.231 e. The number of benzene rings is 2. The molecule has 1 aliphatic heterocycles. The molecule has 0 spiro atoms. The lowest BCUT2D eigenvalue weighted by atomic mass is 9.87. The van der Waals surface area contributed by atoms with Crippen molar-refractivity contribution in [2.75, 3.05) is 19.0 Å². The van der Waals surface area contributed by atoms with E-state index in [2.05, 4.69) is 21.4 Å². The third-order valence-electron chi connectivity index (χ3n) is 5.78. The van der Waals surface area contributed by atoms with Crippen LogP contribution in [0.1, 0.15) is 31.2 Å². The highest BCUT2D eigenvalue weighted by molar-refractivity contribution is 8.00. The molecule has 30 heavy (non-hydrogen) atoms. The summed E-state index contributed by atoms with van der Waals surface area (Å²) in [6.07, 6.45) is 5.60. The third kappa shape index (κ3) is 3.69. The monoisotopic (exact) mass is 421 g/mol. The van der Waals surface area contributed by atoms with Crippen molar-refractivity contribution < 1.29 is 14.3 Å². The number of hydrogen-bond donors (Lipinski definition) is 1. The SMILES string of the molecule is O=C(CSc1ncnc2ccccc12)NC1(c2ccc3c(c2)OCCO3)CCCC1. The molecule has 154 valence electrons. The van der Waals surface area contributed by atoms with E-state index in [0.29, 0.717) is 19.0 Å². The minimum Gasteiger partial charge on any atom is -0.486 e. The third-order valence-corrected chi connectivity index (χ3v) is 6.78. The van der Waals surface area contributed by atoms with Crippen LogP contribution < -0.4 is 14.8 Å². The first-order valence-electron chi connectivity index (χ1n) is 10.3. The Morgan fingerprint density at radius 3 is 2.70 bits per heavy atom. The summed E-state index contributed by atoms with van der Waals surface area (Å²) in [5, 5.41) is 5.14. The minimum atomic E-state index is -0.346. The van der Waals surface area contributed by atoms with Gasteiger partial charge in [0.2, 0.25) is 5.91 Å². The normalized spacial score (nSPS) is 17.1. The van der Waals surface area contributed by atoms with Gasteiger partial charge in [0, 0.05) is 5.39 Å². The van der Waals surface area contributed by atoms with Crippen LogP contribution in [0.2, 0.25) is 0 Å². The smallest absolute Gasteiger partial charge is 0.231 e. The molecule has 1 saturated carbocycles. The first-order valence-corrected chi connectivity index (χ1v) is 11.3. The Kier molecular flexibility index (Phi) is 5.21. The van der Waals surface area contributed by atoms with Gasteiger partial charge in [-0.25, -0.2) is 9.97 Å². The lowest BCUT2D eigenvalue weighted by Gasteiger charge is -2.32. The van der Waals surface area contributed by atoms with E-state index in [0.717, 1.165) is 58.7 Å². The fourth-order valence-electron chi connectivity index (χ4n) is 4.34.